The zero-order chi connectivity index (χ0) is 22.8. The Morgan fingerprint density at radius 1 is 1.10 bits per heavy atom. The Morgan fingerprint density at radius 3 is 2.48 bits per heavy atom. The van der Waals surface area contributed by atoms with Crippen molar-refractivity contribution in [1.82, 2.24) is 0 Å². The lowest BCUT2D eigenvalue weighted by Gasteiger charge is -2.58. The fourth-order valence-corrected chi connectivity index (χ4v) is 8.94. The van der Waals surface area contributed by atoms with Gasteiger partial charge in [-0.25, -0.2) is 8.78 Å². The first-order valence-corrected chi connectivity index (χ1v) is 12.7. The van der Waals surface area contributed by atoms with Crippen molar-refractivity contribution in [3.63, 3.8) is 0 Å². The molecular weight excluding hydrogens is 394 g/mol. The van der Waals surface area contributed by atoms with Crippen molar-refractivity contribution in [3.8, 4) is 0 Å². The maximum atomic E-state index is 14.7. The summed E-state index contributed by atoms with van der Waals surface area (Å²) in [6.07, 6.45) is 10.2. The van der Waals surface area contributed by atoms with E-state index in [2.05, 4.69) is 19.9 Å². The third-order valence-corrected chi connectivity index (χ3v) is 10.1. The van der Waals surface area contributed by atoms with Gasteiger partial charge in [0.15, 0.2) is 0 Å². The summed E-state index contributed by atoms with van der Waals surface area (Å²) in [6.45, 7) is 9.84. The molecule has 0 spiro atoms. The Bertz CT molecular complexity index is 711. The fraction of sp³-hybridized carbons (Fsp3) is 0.926. The number of aliphatic hydroxyl groups is 2. The largest absolute Gasteiger partial charge is 0.393 e. The zero-order valence-corrected chi connectivity index (χ0v) is 20.3. The molecule has 0 aromatic rings. The Morgan fingerprint density at radius 2 is 1.81 bits per heavy atom. The van der Waals surface area contributed by atoms with Crippen molar-refractivity contribution in [3.05, 3.63) is 11.6 Å². The SMILES string of the molecule is C[C@H](CC(F)(F)CC(C)(C)O)[C@H]1CC[C@H]2[C@@H]3CC=C4C[C@@H](O)CC[C@]4(C)[C@H]3CC[C@]12C. The topological polar surface area (TPSA) is 40.5 Å². The van der Waals surface area contributed by atoms with Crippen LogP contribution < -0.4 is 0 Å². The summed E-state index contributed by atoms with van der Waals surface area (Å²) in [5, 5.41) is 20.1. The third kappa shape index (κ3) is 4.25. The van der Waals surface area contributed by atoms with Crippen LogP contribution in [0.3, 0.4) is 0 Å². The molecule has 0 aliphatic heterocycles. The van der Waals surface area contributed by atoms with Gasteiger partial charge in [0.25, 0.3) is 5.92 Å². The molecule has 0 aromatic carbocycles. The standard InChI is InChI=1S/C27H44F2O2/c1-17(15-27(28,29)16-24(2,3)31)21-8-9-22-20-7-6-18-14-19(30)10-12-25(18,4)23(20)11-13-26(21,22)5/h6,17,19-23,30-31H,7-16H2,1-5H3/t17-,19+,20+,21-,22+,23+,25+,26-/m1/s1. The number of fused-ring (bicyclic) bond motifs is 5. The van der Waals surface area contributed by atoms with Gasteiger partial charge >= 0.3 is 0 Å². The first kappa shape index (κ1) is 23.7. The van der Waals surface area contributed by atoms with Gasteiger partial charge in [0.1, 0.15) is 0 Å². The van der Waals surface area contributed by atoms with Crippen LogP contribution in [0.15, 0.2) is 11.6 Å². The van der Waals surface area contributed by atoms with Crippen LogP contribution in [-0.2, 0) is 0 Å². The fourth-order valence-electron chi connectivity index (χ4n) is 8.94. The van der Waals surface area contributed by atoms with E-state index in [0.29, 0.717) is 23.7 Å². The highest BCUT2D eigenvalue weighted by atomic mass is 19.3. The van der Waals surface area contributed by atoms with Crippen LogP contribution in [0.1, 0.15) is 98.8 Å². The van der Waals surface area contributed by atoms with E-state index >= 15 is 0 Å². The average Bonchev–Trinajstić information content (AvgIpc) is 2.97. The summed E-state index contributed by atoms with van der Waals surface area (Å²) >= 11 is 0. The van der Waals surface area contributed by atoms with Crippen molar-refractivity contribution in [2.45, 2.75) is 116 Å². The zero-order valence-electron chi connectivity index (χ0n) is 20.3. The van der Waals surface area contributed by atoms with Crippen LogP contribution in [0.2, 0.25) is 0 Å². The quantitative estimate of drug-likeness (QED) is 0.466. The minimum Gasteiger partial charge on any atom is -0.393 e. The summed E-state index contributed by atoms with van der Waals surface area (Å²) in [5.74, 6) is -0.525. The van der Waals surface area contributed by atoms with Gasteiger partial charge in [0.05, 0.1) is 11.7 Å². The van der Waals surface area contributed by atoms with E-state index in [1.54, 1.807) is 0 Å². The lowest BCUT2D eigenvalue weighted by Crippen LogP contribution is -2.51. The highest BCUT2D eigenvalue weighted by molar-refractivity contribution is 5.25. The van der Waals surface area contributed by atoms with Gasteiger partial charge in [-0.1, -0.05) is 32.4 Å². The second kappa shape index (κ2) is 7.79. The van der Waals surface area contributed by atoms with E-state index in [1.807, 2.05) is 6.92 Å². The summed E-state index contributed by atoms with van der Waals surface area (Å²) in [4.78, 5) is 0. The van der Waals surface area contributed by atoms with Crippen molar-refractivity contribution >= 4 is 0 Å². The van der Waals surface area contributed by atoms with Gasteiger partial charge in [0, 0.05) is 12.8 Å². The average molecular weight is 439 g/mol. The number of rotatable bonds is 5. The van der Waals surface area contributed by atoms with E-state index in [-0.39, 0.29) is 29.3 Å². The minimum absolute atomic E-state index is 0.0287. The van der Waals surface area contributed by atoms with Crippen molar-refractivity contribution in [1.29, 1.82) is 0 Å². The number of aliphatic hydroxyl groups excluding tert-OH is 1. The molecule has 0 saturated heterocycles. The number of allylic oxidation sites excluding steroid dienone is 1. The normalized spacial score (nSPS) is 44.2. The van der Waals surface area contributed by atoms with Crippen LogP contribution in [-0.4, -0.2) is 27.8 Å². The molecule has 0 aromatic heterocycles. The van der Waals surface area contributed by atoms with E-state index in [9.17, 15) is 19.0 Å². The maximum absolute atomic E-state index is 14.7. The van der Waals surface area contributed by atoms with Crippen LogP contribution in [0.5, 0.6) is 0 Å². The van der Waals surface area contributed by atoms with Gasteiger partial charge in [-0.15, -0.1) is 0 Å². The van der Waals surface area contributed by atoms with E-state index in [1.165, 1.54) is 32.3 Å². The molecule has 4 heteroatoms. The van der Waals surface area contributed by atoms with Crippen molar-refractivity contribution in [2.75, 3.05) is 0 Å². The van der Waals surface area contributed by atoms with Crippen LogP contribution in [0, 0.1) is 40.4 Å². The Labute approximate surface area is 187 Å². The summed E-state index contributed by atoms with van der Waals surface area (Å²) < 4.78 is 29.4. The highest BCUT2D eigenvalue weighted by Crippen LogP contribution is 2.67. The molecule has 31 heavy (non-hydrogen) atoms. The Hall–Kier alpha value is -0.480. The molecule has 0 heterocycles. The number of hydrogen-bond acceptors (Lipinski definition) is 2. The van der Waals surface area contributed by atoms with E-state index < -0.39 is 17.9 Å². The monoisotopic (exact) mass is 438 g/mol. The summed E-state index contributed by atoms with van der Waals surface area (Å²) in [6, 6.07) is 0. The number of hydrogen-bond donors (Lipinski definition) is 2. The molecule has 0 amide bonds. The molecule has 2 nitrogen and oxygen atoms in total. The summed E-state index contributed by atoms with van der Waals surface area (Å²) in [5.41, 5.74) is 0.539. The predicted octanol–water partition coefficient (Wildman–Crippen LogP) is 6.75. The molecule has 0 unspecified atom stereocenters. The second-order valence-electron chi connectivity index (χ2n) is 12.9. The van der Waals surface area contributed by atoms with Gasteiger partial charge in [-0.3, -0.25) is 0 Å². The smallest absolute Gasteiger partial charge is 0.251 e. The summed E-state index contributed by atoms with van der Waals surface area (Å²) in [7, 11) is 0. The Kier molecular flexibility index (Phi) is 5.95. The molecule has 8 atom stereocenters. The molecule has 0 bridgehead atoms. The van der Waals surface area contributed by atoms with Gasteiger partial charge < -0.3 is 10.2 Å². The van der Waals surface area contributed by atoms with E-state index in [4.69, 9.17) is 0 Å². The van der Waals surface area contributed by atoms with Gasteiger partial charge in [0.2, 0.25) is 0 Å². The third-order valence-electron chi connectivity index (χ3n) is 10.1. The van der Waals surface area contributed by atoms with Crippen LogP contribution >= 0.6 is 0 Å². The number of alkyl halides is 2. The van der Waals surface area contributed by atoms with Gasteiger partial charge in [-0.2, -0.15) is 0 Å². The number of halogens is 2. The molecule has 4 aliphatic rings. The minimum atomic E-state index is -2.82. The maximum Gasteiger partial charge on any atom is 0.251 e. The first-order chi connectivity index (χ1) is 14.3. The second-order valence-corrected chi connectivity index (χ2v) is 12.9. The molecule has 178 valence electrons. The van der Waals surface area contributed by atoms with Gasteiger partial charge in [-0.05, 0) is 106 Å². The first-order valence-electron chi connectivity index (χ1n) is 12.7. The van der Waals surface area contributed by atoms with Crippen molar-refractivity contribution in [2.24, 2.45) is 40.4 Å². The molecule has 4 aliphatic carbocycles. The predicted molar refractivity (Wildman–Crippen MR) is 121 cm³/mol. The van der Waals surface area contributed by atoms with Crippen LogP contribution in [0.4, 0.5) is 8.78 Å². The molecule has 3 fully saturated rings. The van der Waals surface area contributed by atoms with E-state index in [0.717, 1.165) is 38.5 Å². The molecule has 4 rings (SSSR count). The lowest BCUT2D eigenvalue weighted by atomic mass is 9.47. The lowest BCUT2D eigenvalue weighted by molar-refractivity contribution is -0.102. The molecule has 2 N–H and O–H groups in total. The van der Waals surface area contributed by atoms with Crippen LogP contribution in [0.25, 0.3) is 0 Å². The highest BCUT2D eigenvalue weighted by Gasteiger charge is 2.59. The molecule has 0 radical (unpaired) electrons. The molecular formula is C27H44F2O2. The Balaban J connectivity index is 1.51. The molecule has 3 saturated carbocycles. The van der Waals surface area contributed by atoms with Crippen molar-refractivity contribution < 1.29 is 19.0 Å².